The summed E-state index contributed by atoms with van der Waals surface area (Å²) in [6.07, 6.45) is 0. The number of hydrogen-bond acceptors (Lipinski definition) is 4. The van der Waals surface area contributed by atoms with E-state index in [9.17, 15) is 13.6 Å². The minimum absolute atomic E-state index is 0.0605. The highest BCUT2D eigenvalue weighted by molar-refractivity contribution is 5.90. The van der Waals surface area contributed by atoms with Crippen molar-refractivity contribution >= 4 is 11.7 Å². The van der Waals surface area contributed by atoms with Crippen molar-refractivity contribution in [1.29, 1.82) is 0 Å². The fourth-order valence-corrected chi connectivity index (χ4v) is 1.32. The molecule has 7 heteroatoms. The highest BCUT2D eigenvalue weighted by Crippen LogP contribution is 2.15. The molecule has 1 N–H and O–H groups in total. The average Bonchev–Trinajstić information content (AvgIpc) is 2.76. The van der Waals surface area contributed by atoms with Crippen molar-refractivity contribution in [3.05, 3.63) is 41.7 Å². The molecule has 1 aromatic carbocycles. The molecule has 0 fully saturated rings. The van der Waals surface area contributed by atoms with Gasteiger partial charge in [0.1, 0.15) is 11.5 Å². The third-order valence-electron chi connectivity index (χ3n) is 2.16. The first kappa shape index (κ1) is 13.0. The van der Waals surface area contributed by atoms with Crippen LogP contribution in [0.25, 0.3) is 0 Å². The maximum absolute atomic E-state index is 12.9. The van der Waals surface area contributed by atoms with Gasteiger partial charge in [0.25, 0.3) is 5.91 Å². The summed E-state index contributed by atoms with van der Waals surface area (Å²) in [5.74, 6) is -1.63. The summed E-state index contributed by atoms with van der Waals surface area (Å²) >= 11 is 0. The lowest BCUT2D eigenvalue weighted by Crippen LogP contribution is -2.20. The van der Waals surface area contributed by atoms with Crippen LogP contribution in [0.15, 0.2) is 28.8 Å². The fourth-order valence-electron chi connectivity index (χ4n) is 1.32. The van der Waals surface area contributed by atoms with E-state index >= 15 is 0 Å². The monoisotopic (exact) mass is 268 g/mol. The molecule has 1 amide bonds. The maximum atomic E-state index is 12.9. The SMILES string of the molecule is Cc1cc(NC(=O)COc2ccc(F)c(F)c2)no1. The second kappa shape index (κ2) is 5.47. The van der Waals surface area contributed by atoms with Gasteiger partial charge >= 0.3 is 0 Å². The molecule has 0 saturated heterocycles. The number of aromatic nitrogens is 1. The molecule has 1 aromatic heterocycles. The predicted molar refractivity (Wildman–Crippen MR) is 61.7 cm³/mol. The second-order valence-electron chi connectivity index (χ2n) is 3.74. The first-order valence-corrected chi connectivity index (χ1v) is 5.35. The number of rotatable bonds is 4. The molecule has 100 valence electrons. The molecule has 0 radical (unpaired) electrons. The molecule has 0 aliphatic rings. The Labute approximate surface area is 107 Å². The molecule has 1 heterocycles. The van der Waals surface area contributed by atoms with Crippen molar-refractivity contribution in [2.75, 3.05) is 11.9 Å². The quantitative estimate of drug-likeness (QED) is 0.923. The van der Waals surface area contributed by atoms with Gasteiger partial charge in [-0.3, -0.25) is 4.79 Å². The fraction of sp³-hybridized carbons (Fsp3) is 0.167. The second-order valence-corrected chi connectivity index (χ2v) is 3.74. The van der Waals surface area contributed by atoms with E-state index in [4.69, 9.17) is 9.26 Å². The normalized spacial score (nSPS) is 10.3. The van der Waals surface area contributed by atoms with Gasteiger partial charge in [-0.2, -0.15) is 0 Å². The summed E-state index contributed by atoms with van der Waals surface area (Å²) in [6.45, 7) is 1.33. The van der Waals surface area contributed by atoms with Crippen LogP contribution in [-0.4, -0.2) is 17.7 Å². The van der Waals surface area contributed by atoms with Gasteiger partial charge in [-0.05, 0) is 19.1 Å². The van der Waals surface area contributed by atoms with Crippen molar-refractivity contribution in [3.63, 3.8) is 0 Å². The number of carbonyl (C=O) groups excluding carboxylic acids is 1. The summed E-state index contributed by atoms with van der Waals surface area (Å²) in [7, 11) is 0. The van der Waals surface area contributed by atoms with E-state index in [1.54, 1.807) is 6.92 Å². The highest BCUT2D eigenvalue weighted by atomic mass is 19.2. The van der Waals surface area contributed by atoms with Crippen LogP contribution in [0.2, 0.25) is 0 Å². The molecule has 2 rings (SSSR count). The van der Waals surface area contributed by atoms with Crippen molar-refractivity contribution in [2.45, 2.75) is 6.92 Å². The minimum atomic E-state index is -1.04. The molecule has 2 aromatic rings. The smallest absolute Gasteiger partial charge is 0.263 e. The van der Waals surface area contributed by atoms with E-state index in [0.717, 1.165) is 12.1 Å². The molecule has 0 saturated carbocycles. The summed E-state index contributed by atoms with van der Waals surface area (Å²) in [6, 6.07) is 4.55. The predicted octanol–water partition coefficient (Wildman–Crippen LogP) is 2.28. The molecule has 0 bridgehead atoms. The molecule has 0 aliphatic carbocycles. The Hall–Kier alpha value is -2.44. The third-order valence-corrected chi connectivity index (χ3v) is 2.16. The van der Waals surface area contributed by atoms with E-state index in [2.05, 4.69) is 10.5 Å². The number of halogens is 2. The number of amides is 1. The Morgan fingerprint density at radius 3 is 2.79 bits per heavy atom. The number of benzene rings is 1. The standard InChI is InChI=1S/C12H10F2N2O3/c1-7-4-11(16-19-7)15-12(17)6-18-8-2-3-9(13)10(14)5-8/h2-5H,6H2,1H3,(H,15,16,17). The number of aryl methyl sites for hydroxylation is 1. The Balaban J connectivity index is 1.88. The molecule has 0 atom stereocenters. The van der Waals surface area contributed by atoms with Crippen molar-refractivity contribution in [1.82, 2.24) is 5.16 Å². The lowest BCUT2D eigenvalue weighted by atomic mass is 10.3. The zero-order valence-corrected chi connectivity index (χ0v) is 9.94. The van der Waals surface area contributed by atoms with E-state index in [1.165, 1.54) is 12.1 Å². The largest absolute Gasteiger partial charge is 0.484 e. The summed E-state index contributed by atoms with van der Waals surface area (Å²) in [4.78, 5) is 11.5. The van der Waals surface area contributed by atoms with Crippen LogP contribution in [0.1, 0.15) is 5.76 Å². The molecule has 19 heavy (non-hydrogen) atoms. The number of anilines is 1. The van der Waals surface area contributed by atoms with Crippen molar-refractivity contribution in [3.8, 4) is 5.75 Å². The van der Waals surface area contributed by atoms with Gasteiger partial charge in [0.2, 0.25) is 0 Å². The lowest BCUT2D eigenvalue weighted by Gasteiger charge is -2.05. The molecular formula is C12H10F2N2O3. The molecule has 0 spiro atoms. The van der Waals surface area contributed by atoms with Crippen LogP contribution in [0.4, 0.5) is 14.6 Å². The Bertz CT molecular complexity index is 598. The Morgan fingerprint density at radius 2 is 2.16 bits per heavy atom. The zero-order valence-electron chi connectivity index (χ0n) is 9.94. The van der Waals surface area contributed by atoms with Crippen LogP contribution in [0, 0.1) is 18.6 Å². The van der Waals surface area contributed by atoms with E-state index < -0.39 is 17.5 Å². The van der Waals surface area contributed by atoms with E-state index in [0.29, 0.717) is 5.76 Å². The third kappa shape index (κ3) is 3.51. The first-order valence-electron chi connectivity index (χ1n) is 5.35. The topological polar surface area (TPSA) is 64.4 Å². The number of nitrogens with one attached hydrogen (secondary N) is 1. The van der Waals surface area contributed by atoms with Crippen LogP contribution >= 0.6 is 0 Å². The van der Waals surface area contributed by atoms with Gasteiger partial charge in [0.15, 0.2) is 24.1 Å². The lowest BCUT2D eigenvalue weighted by molar-refractivity contribution is -0.118. The van der Waals surface area contributed by atoms with Crippen molar-refractivity contribution < 1.29 is 22.8 Å². The summed E-state index contributed by atoms with van der Waals surface area (Å²) in [5, 5.41) is 5.99. The van der Waals surface area contributed by atoms with E-state index in [1.807, 2.05) is 0 Å². The molecule has 0 unspecified atom stereocenters. The van der Waals surface area contributed by atoms with Gasteiger partial charge < -0.3 is 14.6 Å². The van der Waals surface area contributed by atoms with Gasteiger partial charge in [-0.25, -0.2) is 8.78 Å². The Morgan fingerprint density at radius 1 is 1.37 bits per heavy atom. The van der Waals surface area contributed by atoms with Gasteiger partial charge in [0.05, 0.1) is 0 Å². The number of ether oxygens (including phenoxy) is 1. The maximum Gasteiger partial charge on any atom is 0.263 e. The van der Waals surface area contributed by atoms with E-state index in [-0.39, 0.29) is 18.2 Å². The molecule has 0 aliphatic heterocycles. The summed E-state index contributed by atoms with van der Waals surface area (Å²) < 4.78 is 35.3. The minimum Gasteiger partial charge on any atom is -0.484 e. The van der Waals surface area contributed by atoms with Crippen LogP contribution in [0.5, 0.6) is 5.75 Å². The molecule has 5 nitrogen and oxygen atoms in total. The first-order chi connectivity index (χ1) is 9.04. The molecular weight excluding hydrogens is 258 g/mol. The van der Waals surface area contributed by atoms with Crippen LogP contribution in [-0.2, 0) is 4.79 Å². The Kier molecular flexibility index (Phi) is 3.74. The zero-order chi connectivity index (χ0) is 13.8. The van der Waals surface area contributed by atoms with Crippen LogP contribution in [0.3, 0.4) is 0 Å². The number of carbonyl (C=O) groups is 1. The number of nitrogens with zero attached hydrogens (tertiary/aromatic N) is 1. The van der Waals surface area contributed by atoms with Gasteiger partial charge in [-0.15, -0.1) is 0 Å². The average molecular weight is 268 g/mol. The van der Waals surface area contributed by atoms with Crippen LogP contribution < -0.4 is 10.1 Å². The highest BCUT2D eigenvalue weighted by Gasteiger charge is 2.08. The van der Waals surface area contributed by atoms with Gasteiger partial charge in [-0.1, -0.05) is 5.16 Å². The summed E-state index contributed by atoms with van der Waals surface area (Å²) in [5.41, 5.74) is 0. The van der Waals surface area contributed by atoms with Crippen molar-refractivity contribution in [2.24, 2.45) is 0 Å². The van der Waals surface area contributed by atoms with Gasteiger partial charge in [0, 0.05) is 12.1 Å². The number of hydrogen-bond donors (Lipinski definition) is 1.